The van der Waals surface area contributed by atoms with Crippen molar-refractivity contribution in [1.82, 2.24) is 5.32 Å². The predicted octanol–water partition coefficient (Wildman–Crippen LogP) is 5.11. The summed E-state index contributed by atoms with van der Waals surface area (Å²) in [5, 5.41) is 3.85. The zero-order valence-corrected chi connectivity index (χ0v) is 13.7. The number of benzene rings is 1. The van der Waals surface area contributed by atoms with Gasteiger partial charge in [-0.1, -0.05) is 57.9 Å². The standard InChI is InChI=1S/C19H31N/c1-14(2)13-17-9-11-18(12-10-17)16(4)20-19-8-6-5-7-15(19)3/h9-12,14-16,19-20H,5-8,13H2,1-4H3. The summed E-state index contributed by atoms with van der Waals surface area (Å²) in [7, 11) is 0. The van der Waals surface area contributed by atoms with Gasteiger partial charge in [-0.15, -0.1) is 0 Å². The Morgan fingerprint density at radius 3 is 2.30 bits per heavy atom. The first-order valence-corrected chi connectivity index (χ1v) is 8.41. The molecule has 1 nitrogen and oxygen atoms in total. The van der Waals surface area contributed by atoms with Gasteiger partial charge in [-0.2, -0.15) is 0 Å². The minimum absolute atomic E-state index is 0.466. The zero-order chi connectivity index (χ0) is 14.5. The van der Waals surface area contributed by atoms with Crippen molar-refractivity contribution >= 4 is 0 Å². The van der Waals surface area contributed by atoms with Gasteiger partial charge >= 0.3 is 0 Å². The van der Waals surface area contributed by atoms with E-state index in [0.29, 0.717) is 12.1 Å². The van der Waals surface area contributed by atoms with Crippen LogP contribution in [0.5, 0.6) is 0 Å². The largest absolute Gasteiger partial charge is 0.307 e. The third-order valence-electron chi connectivity index (χ3n) is 4.70. The fourth-order valence-electron chi connectivity index (χ4n) is 3.40. The van der Waals surface area contributed by atoms with E-state index in [9.17, 15) is 0 Å². The van der Waals surface area contributed by atoms with Gasteiger partial charge in [0.1, 0.15) is 0 Å². The maximum Gasteiger partial charge on any atom is 0.0294 e. The maximum atomic E-state index is 3.85. The van der Waals surface area contributed by atoms with Crippen LogP contribution in [-0.4, -0.2) is 6.04 Å². The van der Waals surface area contributed by atoms with Gasteiger partial charge in [0.05, 0.1) is 0 Å². The Hall–Kier alpha value is -0.820. The highest BCUT2D eigenvalue weighted by atomic mass is 15.0. The highest BCUT2D eigenvalue weighted by Crippen LogP contribution is 2.26. The average molecular weight is 273 g/mol. The lowest BCUT2D eigenvalue weighted by Gasteiger charge is -2.32. The molecule has 0 bridgehead atoms. The number of hydrogen-bond donors (Lipinski definition) is 1. The minimum Gasteiger partial charge on any atom is -0.307 e. The van der Waals surface area contributed by atoms with Gasteiger partial charge in [-0.05, 0) is 49.1 Å². The number of rotatable bonds is 5. The first-order chi connectivity index (χ1) is 9.56. The number of hydrogen-bond acceptors (Lipinski definition) is 1. The first-order valence-electron chi connectivity index (χ1n) is 8.41. The molecule has 0 saturated heterocycles. The molecule has 1 aliphatic carbocycles. The zero-order valence-electron chi connectivity index (χ0n) is 13.7. The highest BCUT2D eigenvalue weighted by Gasteiger charge is 2.22. The Morgan fingerprint density at radius 1 is 1.05 bits per heavy atom. The topological polar surface area (TPSA) is 12.0 Å². The lowest BCUT2D eigenvalue weighted by atomic mass is 9.85. The normalized spacial score (nSPS) is 24.9. The third kappa shape index (κ3) is 4.34. The third-order valence-corrected chi connectivity index (χ3v) is 4.70. The second kappa shape index (κ2) is 7.26. The molecule has 1 fully saturated rings. The first kappa shape index (κ1) is 15.6. The van der Waals surface area contributed by atoms with Crippen molar-refractivity contribution in [3.63, 3.8) is 0 Å². The van der Waals surface area contributed by atoms with Gasteiger partial charge in [0, 0.05) is 12.1 Å². The fourth-order valence-corrected chi connectivity index (χ4v) is 3.40. The highest BCUT2D eigenvalue weighted by molar-refractivity contribution is 5.25. The van der Waals surface area contributed by atoms with Gasteiger partial charge in [-0.25, -0.2) is 0 Å². The Labute approximate surface area is 125 Å². The summed E-state index contributed by atoms with van der Waals surface area (Å²) in [4.78, 5) is 0. The van der Waals surface area contributed by atoms with E-state index in [0.717, 1.165) is 11.8 Å². The van der Waals surface area contributed by atoms with E-state index in [1.54, 1.807) is 0 Å². The molecule has 0 aliphatic heterocycles. The maximum absolute atomic E-state index is 3.85. The van der Waals surface area contributed by atoms with Gasteiger partial charge in [-0.3, -0.25) is 0 Å². The summed E-state index contributed by atoms with van der Waals surface area (Å²) >= 11 is 0. The summed E-state index contributed by atoms with van der Waals surface area (Å²) in [5.74, 6) is 1.56. The summed E-state index contributed by atoms with van der Waals surface area (Å²) in [6.45, 7) is 9.26. The quantitative estimate of drug-likeness (QED) is 0.785. The van der Waals surface area contributed by atoms with Crippen LogP contribution >= 0.6 is 0 Å². The van der Waals surface area contributed by atoms with Gasteiger partial charge in [0.2, 0.25) is 0 Å². The summed E-state index contributed by atoms with van der Waals surface area (Å²) in [5.41, 5.74) is 2.89. The van der Waals surface area contributed by atoms with E-state index in [2.05, 4.69) is 57.3 Å². The van der Waals surface area contributed by atoms with Crippen LogP contribution in [0.1, 0.15) is 70.5 Å². The molecule has 20 heavy (non-hydrogen) atoms. The van der Waals surface area contributed by atoms with Crippen molar-refractivity contribution < 1.29 is 0 Å². The molecule has 112 valence electrons. The smallest absolute Gasteiger partial charge is 0.0294 e. The van der Waals surface area contributed by atoms with Crippen molar-refractivity contribution in [3.8, 4) is 0 Å². The van der Waals surface area contributed by atoms with Crippen LogP contribution in [0.15, 0.2) is 24.3 Å². The molecule has 3 unspecified atom stereocenters. The predicted molar refractivity (Wildman–Crippen MR) is 88.0 cm³/mol. The molecule has 1 aromatic carbocycles. The Kier molecular flexibility index (Phi) is 5.65. The molecule has 1 saturated carbocycles. The lowest BCUT2D eigenvalue weighted by molar-refractivity contribution is 0.263. The average Bonchev–Trinajstić information content (AvgIpc) is 2.41. The molecular weight excluding hydrogens is 242 g/mol. The van der Waals surface area contributed by atoms with E-state index in [4.69, 9.17) is 0 Å². The molecular formula is C19H31N. The van der Waals surface area contributed by atoms with Crippen LogP contribution < -0.4 is 5.32 Å². The molecule has 1 heteroatoms. The Balaban J connectivity index is 1.93. The molecule has 0 amide bonds. The van der Waals surface area contributed by atoms with Crippen LogP contribution in [0, 0.1) is 11.8 Å². The van der Waals surface area contributed by atoms with Crippen LogP contribution in [0.25, 0.3) is 0 Å². The van der Waals surface area contributed by atoms with Crippen LogP contribution in [0.4, 0.5) is 0 Å². The summed E-state index contributed by atoms with van der Waals surface area (Å²) < 4.78 is 0. The molecule has 1 aliphatic rings. The Morgan fingerprint density at radius 2 is 1.70 bits per heavy atom. The van der Waals surface area contributed by atoms with Gasteiger partial charge in [0.25, 0.3) is 0 Å². The Bertz CT molecular complexity index is 393. The van der Waals surface area contributed by atoms with Crippen LogP contribution in [0.2, 0.25) is 0 Å². The monoisotopic (exact) mass is 273 g/mol. The SMILES string of the molecule is CC(C)Cc1ccc(C(C)NC2CCCCC2C)cc1. The molecule has 0 heterocycles. The van der Waals surface area contributed by atoms with Gasteiger partial charge in [0.15, 0.2) is 0 Å². The van der Waals surface area contributed by atoms with Gasteiger partial charge < -0.3 is 5.32 Å². The van der Waals surface area contributed by atoms with Crippen molar-refractivity contribution in [2.45, 2.75) is 71.9 Å². The molecule has 1 aromatic rings. The fraction of sp³-hybridized carbons (Fsp3) is 0.684. The molecule has 3 atom stereocenters. The molecule has 0 radical (unpaired) electrons. The lowest BCUT2D eigenvalue weighted by Crippen LogP contribution is -2.38. The van der Waals surface area contributed by atoms with E-state index in [-0.39, 0.29) is 0 Å². The van der Waals surface area contributed by atoms with Crippen LogP contribution in [-0.2, 0) is 6.42 Å². The van der Waals surface area contributed by atoms with Crippen molar-refractivity contribution in [2.24, 2.45) is 11.8 Å². The summed E-state index contributed by atoms with van der Waals surface area (Å²) in [6, 6.07) is 10.4. The molecule has 1 N–H and O–H groups in total. The van der Waals surface area contributed by atoms with Crippen LogP contribution in [0.3, 0.4) is 0 Å². The van der Waals surface area contributed by atoms with E-state index >= 15 is 0 Å². The van der Waals surface area contributed by atoms with E-state index < -0.39 is 0 Å². The van der Waals surface area contributed by atoms with Crippen molar-refractivity contribution in [1.29, 1.82) is 0 Å². The number of nitrogens with one attached hydrogen (secondary N) is 1. The second-order valence-corrected chi connectivity index (χ2v) is 7.10. The van der Waals surface area contributed by atoms with Crippen molar-refractivity contribution in [3.05, 3.63) is 35.4 Å². The summed E-state index contributed by atoms with van der Waals surface area (Å²) in [6.07, 6.45) is 6.72. The minimum atomic E-state index is 0.466. The molecule has 0 aromatic heterocycles. The van der Waals surface area contributed by atoms with E-state index in [1.165, 1.54) is 43.2 Å². The molecule has 0 spiro atoms. The second-order valence-electron chi connectivity index (χ2n) is 7.10. The van der Waals surface area contributed by atoms with E-state index in [1.807, 2.05) is 0 Å². The van der Waals surface area contributed by atoms with Crippen molar-refractivity contribution in [2.75, 3.05) is 0 Å². The molecule has 2 rings (SSSR count).